The third-order valence-corrected chi connectivity index (χ3v) is 6.30. The second-order valence-electron chi connectivity index (χ2n) is 7.06. The Bertz CT molecular complexity index is 733. The van der Waals surface area contributed by atoms with Crippen LogP contribution in [0.5, 0.6) is 5.75 Å². The van der Waals surface area contributed by atoms with Crippen molar-refractivity contribution < 1.29 is 17.9 Å². The van der Waals surface area contributed by atoms with E-state index in [9.17, 15) is 13.2 Å². The highest BCUT2D eigenvalue weighted by atomic mass is 35.5. The zero-order chi connectivity index (χ0) is 19.9. The number of ether oxygens (including phenoxy) is 1. The number of carbonyl (C=O) groups is 1. The minimum absolute atomic E-state index is 0.0351. The maximum absolute atomic E-state index is 12.2. The second kappa shape index (κ2) is 10.2. The van der Waals surface area contributed by atoms with E-state index in [4.69, 9.17) is 16.3 Å². The fourth-order valence-electron chi connectivity index (χ4n) is 3.44. The van der Waals surface area contributed by atoms with Crippen molar-refractivity contribution in [2.75, 3.05) is 30.8 Å². The summed E-state index contributed by atoms with van der Waals surface area (Å²) in [6.45, 7) is 0.906. The highest BCUT2D eigenvalue weighted by Crippen LogP contribution is 2.33. The van der Waals surface area contributed by atoms with Crippen molar-refractivity contribution in [1.82, 2.24) is 5.32 Å². The van der Waals surface area contributed by atoms with E-state index in [1.54, 1.807) is 18.2 Å². The number of nitrogens with zero attached hydrogens (tertiary/aromatic N) is 1. The molecule has 0 saturated heterocycles. The number of rotatable bonds is 9. The lowest BCUT2D eigenvalue weighted by atomic mass is 9.89. The lowest BCUT2D eigenvalue weighted by Gasteiger charge is -2.24. The summed E-state index contributed by atoms with van der Waals surface area (Å²) in [6, 6.07) is 4.83. The summed E-state index contributed by atoms with van der Waals surface area (Å²) >= 11 is 6.03. The van der Waals surface area contributed by atoms with E-state index < -0.39 is 10.0 Å². The van der Waals surface area contributed by atoms with Crippen molar-refractivity contribution in [3.63, 3.8) is 0 Å². The van der Waals surface area contributed by atoms with E-state index in [-0.39, 0.29) is 18.9 Å². The lowest BCUT2D eigenvalue weighted by Crippen LogP contribution is -2.33. The Morgan fingerprint density at radius 1 is 1.30 bits per heavy atom. The number of hydrogen-bond donors (Lipinski definition) is 1. The number of anilines is 1. The molecule has 0 atom stereocenters. The van der Waals surface area contributed by atoms with Gasteiger partial charge >= 0.3 is 0 Å². The molecule has 0 spiro atoms. The molecule has 1 aromatic carbocycles. The molecule has 1 aliphatic carbocycles. The molecule has 0 radical (unpaired) electrons. The molecule has 8 heteroatoms. The van der Waals surface area contributed by atoms with Gasteiger partial charge in [-0.15, -0.1) is 0 Å². The van der Waals surface area contributed by atoms with Crippen LogP contribution in [0.2, 0.25) is 5.02 Å². The maximum atomic E-state index is 12.2. The van der Waals surface area contributed by atoms with Gasteiger partial charge in [0, 0.05) is 24.5 Å². The molecule has 152 valence electrons. The van der Waals surface area contributed by atoms with Gasteiger partial charge in [0.2, 0.25) is 15.9 Å². The van der Waals surface area contributed by atoms with E-state index in [1.807, 2.05) is 0 Å². The molecule has 1 fully saturated rings. The van der Waals surface area contributed by atoms with E-state index in [1.165, 1.54) is 43.5 Å². The third-order valence-electron chi connectivity index (χ3n) is 4.89. The van der Waals surface area contributed by atoms with Crippen molar-refractivity contribution in [2.24, 2.45) is 5.92 Å². The predicted molar refractivity (Wildman–Crippen MR) is 109 cm³/mol. The number of nitrogens with one attached hydrogen (secondary N) is 1. The molecule has 6 nitrogen and oxygen atoms in total. The minimum atomic E-state index is -3.53. The summed E-state index contributed by atoms with van der Waals surface area (Å²) in [5.74, 6) is 0.963. The number of halogens is 1. The number of sulfonamides is 1. The van der Waals surface area contributed by atoms with Crippen molar-refractivity contribution in [3.8, 4) is 5.75 Å². The van der Waals surface area contributed by atoms with Crippen LogP contribution in [0.15, 0.2) is 18.2 Å². The topological polar surface area (TPSA) is 75.7 Å². The van der Waals surface area contributed by atoms with Crippen LogP contribution in [-0.2, 0) is 14.8 Å². The van der Waals surface area contributed by atoms with E-state index in [0.29, 0.717) is 28.8 Å². The summed E-state index contributed by atoms with van der Waals surface area (Å²) in [6.07, 6.45) is 7.96. The maximum Gasteiger partial charge on any atom is 0.232 e. The summed E-state index contributed by atoms with van der Waals surface area (Å²) < 4.78 is 31.0. The molecule has 1 N–H and O–H groups in total. The highest BCUT2D eigenvalue weighted by Gasteiger charge is 2.22. The zero-order valence-corrected chi connectivity index (χ0v) is 17.6. The Kier molecular flexibility index (Phi) is 8.23. The van der Waals surface area contributed by atoms with Crippen LogP contribution in [0.4, 0.5) is 5.69 Å². The van der Waals surface area contributed by atoms with Gasteiger partial charge in [-0.1, -0.05) is 30.9 Å². The van der Waals surface area contributed by atoms with Crippen LogP contribution in [0.25, 0.3) is 0 Å². The Balaban J connectivity index is 1.92. The van der Waals surface area contributed by atoms with Gasteiger partial charge in [-0.2, -0.15) is 0 Å². The minimum Gasteiger partial charge on any atom is -0.495 e. The number of carbonyl (C=O) groups excluding carboxylic acids is 1. The molecule has 0 aliphatic heterocycles. The van der Waals surface area contributed by atoms with Gasteiger partial charge in [-0.3, -0.25) is 9.10 Å². The van der Waals surface area contributed by atoms with Crippen molar-refractivity contribution in [1.29, 1.82) is 0 Å². The van der Waals surface area contributed by atoms with Gasteiger partial charge < -0.3 is 10.1 Å². The Hall–Kier alpha value is -1.47. The van der Waals surface area contributed by atoms with Crippen LogP contribution < -0.4 is 14.4 Å². The van der Waals surface area contributed by atoms with E-state index in [2.05, 4.69) is 5.32 Å². The van der Waals surface area contributed by atoms with Gasteiger partial charge in [0.15, 0.2) is 0 Å². The fourth-order valence-corrected chi connectivity index (χ4v) is 4.57. The number of hydrogen-bond acceptors (Lipinski definition) is 4. The van der Waals surface area contributed by atoms with Gasteiger partial charge in [0.05, 0.1) is 19.1 Å². The highest BCUT2D eigenvalue weighted by molar-refractivity contribution is 7.92. The summed E-state index contributed by atoms with van der Waals surface area (Å²) in [5.41, 5.74) is 0.384. The largest absolute Gasteiger partial charge is 0.495 e. The molecular weight excluding hydrogens is 388 g/mol. The monoisotopic (exact) mass is 416 g/mol. The molecule has 1 amide bonds. The van der Waals surface area contributed by atoms with Gasteiger partial charge in [-0.05, 0) is 43.4 Å². The number of benzene rings is 1. The molecule has 1 aromatic rings. The Morgan fingerprint density at radius 2 is 2.00 bits per heavy atom. The fraction of sp³-hybridized carbons (Fsp3) is 0.632. The molecule has 0 heterocycles. The van der Waals surface area contributed by atoms with Crippen LogP contribution in [-0.4, -0.2) is 40.8 Å². The number of methoxy groups -OCH3 is 1. The normalized spacial score (nSPS) is 15.4. The first kappa shape index (κ1) is 21.8. The van der Waals surface area contributed by atoms with Crippen LogP contribution in [0, 0.1) is 5.92 Å². The quantitative estimate of drug-likeness (QED) is 0.667. The molecule has 1 aliphatic rings. The summed E-state index contributed by atoms with van der Waals surface area (Å²) in [5, 5.41) is 3.40. The number of amides is 1. The Labute approximate surface area is 167 Å². The van der Waals surface area contributed by atoms with Crippen molar-refractivity contribution >= 4 is 33.2 Å². The van der Waals surface area contributed by atoms with Crippen molar-refractivity contribution in [2.45, 2.75) is 44.9 Å². The van der Waals surface area contributed by atoms with Crippen LogP contribution in [0.3, 0.4) is 0 Å². The molecule has 0 unspecified atom stereocenters. The molecule has 1 saturated carbocycles. The van der Waals surface area contributed by atoms with Gasteiger partial charge in [0.25, 0.3) is 0 Å². The first-order valence-corrected chi connectivity index (χ1v) is 11.6. The first-order valence-electron chi connectivity index (χ1n) is 9.39. The Morgan fingerprint density at radius 3 is 2.63 bits per heavy atom. The first-order chi connectivity index (χ1) is 12.8. The second-order valence-corrected chi connectivity index (χ2v) is 9.41. The lowest BCUT2D eigenvalue weighted by molar-refractivity contribution is -0.121. The summed E-state index contributed by atoms with van der Waals surface area (Å²) in [7, 11) is -2.05. The summed E-state index contributed by atoms with van der Waals surface area (Å²) in [4.78, 5) is 12.1. The smallest absolute Gasteiger partial charge is 0.232 e. The third kappa shape index (κ3) is 6.88. The molecular formula is C19H29ClN2O4S. The van der Waals surface area contributed by atoms with Crippen LogP contribution >= 0.6 is 11.6 Å². The predicted octanol–water partition coefficient (Wildman–Crippen LogP) is 3.59. The van der Waals surface area contributed by atoms with Gasteiger partial charge in [0.1, 0.15) is 5.75 Å². The zero-order valence-electron chi connectivity index (χ0n) is 16.0. The molecule has 2 rings (SSSR count). The van der Waals surface area contributed by atoms with E-state index in [0.717, 1.165) is 12.8 Å². The average molecular weight is 417 g/mol. The average Bonchev–Trinajstić information content (AvgIpc) is 2.63. The molecule has 0 aromatic heterocycles. The molecule has 27 heavy (non-hydrogen) atoms. The van der Waals surface area contributed by atoms with E-state index >= 15 is 0 Å². The van der Waals surface area contributed by atoms with Gasteiger partial charge in [-0.25, -0.2) is 8.42 Å². The SMILES string of the molecule is COc1ccc(Cl)cc1N(CCCC(=O)NCC1CCCCC1)S(C)(=O)=O. The van der Waals surface area contributed by atoms with Crippen molar-refractivity contribution in [3.05, 3.63) is 23.2 Å². The molecule has 0 bridgehead atoms. The van der Waals surface area contributed by atoms with Crippen LogP contribution in [0.1, 0.15) is 44.9 Å². The standard InChI is InChI=1S/C19H29ClN2O4S/c1-26-18-11-10-16(20)13-17(18)22(27(2,24)25)12-6-9-19(23)21-14-15-7-4-3-5-8-15/h10-11,13,15H,3-9,12,14H2,1-2H3,(H,21,23).